The Labute approximate surface area is 116 Å². The molecular weight excluding hydrogens is 290 g/mol. The van der Waals surface area contributed by atoms with Crippen LogP contribution in [-0.4, -0.2) is 46.5 Å². The smallest absolute Gasteiger partial charge is 0.341 e. The summed E-state index contributed by atoms with van der Waals surface area (Å²) in [5.74, 6) is -3.44. The highest BCUT2D eigenvalue weighted by Crippen LogP contribution is 2.30. The van der Waals surface area contributed by atoms with Gasteiger partial charge in [-0.05, 0) is 12.1 Å². The molecule has 0 amide bonds. The zero-order valence-corrected chi connectivity index (χ0v) is 11.5. The van der Waals surface area contributed by atoms with Gasteiger partial charge in [-0.2, -0.15) is 8.78 Å². The lowest BCUT2D eigenvalue weighted by Gasteiger charge is -2.37. The summed E-state index contributed by atoms with van der Waals surface area (Å²) in [6.45, 7) is 1.42. The third-order valence-electron chi connectivity index (χ3n) is 3.22. The SMILES string of the molecule is NCC1COCCN1c1ccccc1S(=O)(=O)C(F)F. The minimum Gasteiger partial charge on any atom is -0.377 e. The van der Waals surface area contributed by atoms with E-state index in [0.29, 0.717) is 19.8 Å². The van der Waals surface area contributed by atoms with E-state index in [0.717, 1.165) is 0 Å². The van der Waals surface area contributed by atoms with Gasteiger partial charge in [-0.25, -0.2) is 8.42 Å². The average Bonchev–Trinajstić information content (AvgIpc) is 2.47. The Morgan fingerprint density at radius 3 is 2.75 bits per heavy atom. The number of hydrogen-bond donors (Lipinski definition) is 1. The van der Waals surface area contributed by atoms with Crippen LogP contribution in [0.25, 0.3) is 0 Å². The van der Waals surface area contributed by atoms with Gasteiger partial charge >= 0.3 is 5.76 Å². The molecule has 5 nitrogen and oxygen atoms in total. The largest absolute Gasteiger partial charge is 0.377 e. The third kappa shape index (κ3) is 2.77. The summed E-state index contributed by atoms with van der Waals surface area (Å²) < 4.78 is 54.3. The molecule has 1 aromatic rings. The molecule has 112 valence electrons. The molecule has 1 aliphatic heterocycles. The van der Waals surface area contributed by atoms with Crippen LogP contribution < -0.4 is 10.6 Å². The topological polar surface area (TPSA) is 72.6 Å². The van der Waals surface area contributed by atoms with Gasteiger partial charge in [0.05, 0.1) is 29.8 Å². The van der Waals surface area contributed by atoms with E-state index >= 15 is 0 Å². The van der Waals surface area contributed by atoms with Crippen molar-refractivity contribution < 1.29 is 21.9 Å². The molecule has 1 heterocycles. The van der Waals surface area contributed by atoms with Crippen molar-refractivity contribution in [1.29, 1.82) is 0 Å². The normalized spacial score (nSPS) is 20.4. The van der Waals surface area contributed by atoms with Crippen LogP contribution in [0, 0.1) is 0 Å². The number of rotatable bonds is 4. The van der Waals surface area contributed by atoms with E-state index in [1.54, 1.807) is 11.0 Å². The monoisotopic (exact) mass is 306 g/mol. The Bertz CT molecular complexity index is 566. The third-order valence-corrected chi connectivity index (χ3v) is 4.64. The van der Waals surface area contributed by atoms with Gasteiger partial charge in [0.25, 0.3) is 0 Å². The van der Waals surface area contributed by atoms with Crippen molar-refractivity contribution in [2.75, 3.05) is 31.2 Å². The fraction of sp³-hybridized carbons (Fsp3) is 0.500. The summed E-state index contributed by atoms with van der Waals surface area (Å²) in [5.41, 5.74) is 5.89. The van der Waals surface area contributed by atoms with Crippen LogP contribution in [0.15, 0.2) is 29.2 Å². The van der Waals surface area contributed by atoms with Crippen molar-refractivity contribution in [3.05, 3.63) is 24.3 Å². The first-order chi connectivity index (χ1) is 9.48. The first kappa shape index (κ1) is 15.1. The molecule has 8 heteroatoms. The minimum absolute atomic E-state index is 0.224. The van der Waals surface area contributed by atoms with E-state index in [9.17, 15) is 17.2 Å². The van der Waals surface area contributed by atoms with Gasteiger partial charge in [-0.15, -0.1) is 0 Å². The number of nitrogens with two attached hydrogens (primary N) is 1. The lowest BCUT2D eigenvalue weighted by molar-refractivity contribution is 0.0960. The van der Waals surface area contributed by atoms with E-state index in [-0.39, 0.29) is 23.2 Å². The molecule has 1 atom stereocenters. The van der Waals surface area contributed by atoms with Crippen molar-refractivity contribution in [2.45, 2.75) is 16.7 Å². The van der Waals surface area contributed by atoms with Crippen molar-refractivity contribution in [3.8, 4) is 0 Å². The first-order valence-corrected chi connectivity index (χ1v) is 7.68. The number of nitrogens with zero attached hydrogens (tertiary/aromatic N) is 1. The lowest BCUT2D eigenvalue weighted by Crippen LogP contribution is -2.50. The van der Waals surface area contributed by atoms with E-state index < -0.39 is 15.6 Å². The molecule has 1 unspecified atom stereocenters. The van der Waals surface area contributed by atoms with Crippen LogP contribution in [-0.2, 0) is 14.6 Å². The summed E-state index contributed by atoms with van der Waals surface area (Å²) in [5, 5.41) is 0. The highest BCUT2D eigenvalue weighted by atomic mass is 32.2. The van der Waals surface area contributed by atoms with Crippen LogP contribution >= 0.6 is 0 Å². The molecule has 0 radical (unpaired) electrons. The summed E-state index contributed by atoms with van der Waals surface area (Å²) >= 11 is 0. The highest BCUT2D eigenvalue weighted by Gasteiger charge is 2.32. The molecule has 1 aliphatic rings. The van der Waals surface area contributed by atoms with Gasteiger partial charge in [0.2, 0.25) is 9.84 Å². The van der Waals surface area contributed by atoms with Gasteiger partial charge in [0.15, 0.2) is 0 Å². The van der Waals surface area contributed by atoms with E-state index in [2.05, 4.69) is 0 Å². The number of morpholine rings is 1. The number of hydrogen-bond acceptors (Lipinski definition) is 5. The standard InChI is InChI=1S/C12H16F2N2O3S/c13-12(14)20(17,18)11-4-2-1-3-10(11)16-5-6-19-8-9(16)7-15/h1-4,9,12H,5-8,15H2. The maximum atomic E-state index is 12.8. The zero-order valence-electron chi connectivity index (χ0n) is 10.7. The number of ether oxygens (including phenoxy) is 1. The minimum atomic E-state index is -4.65. The maximum absolute atomic E-state index is 12.8. The maximum Gasteiger partial charge on any atom is 0.341 e. The van der Waals surface area contributed by atoms with Crippen molar-refractivity contribution in [2.24, 2.45) is 5.73 Å². The second-order valence-corrected chi connectivity index (χ2v) is 6.32. The van der Waals surface area contributed by atoms with Crippen molar-refractivity contribution >= 4 is 15.5 Å². The molecule has 0 bridgehead atoms. The number of benzene rings is 1. The number of sulfone groups is 1. The molecule has 1 aromatic carbocycles. The van der Waals surface area contributed by atoms with E-state index in [1.165, 1.54) is 18.2 Å². The number of halogens is 2. The van der Waals surface area contributed by atoms with Gasteiger partial charge < -0.3 is 15.4 Å². The Balaban J connectivity index is 2.47. The molecular formula is C12H16F2N2O3S. The molecule has 0 spiro atoms. The van der Waals surface area contributed by atoms with Crippen LogP contribution in [0.1, 0.15) is 0 Å². The Kier molecular flexibility index (Phi) is 4.56. The van der Waals surface area contributed by atoms with Gasteiger partial charge in [-0.3, -0.25) is 0 Å². The zero-order chi connectivity index (χ0) is 14.8. The molecule has 1 saturated heterocycles. The summed E-state index contributed by atoms with van der Waals surface area (Å²) in [6, 6.07) is 5.53. The molecule has 0 aliphatic carbocycles. The van der Waals surface area contributed by atoms with Gasteiger partial charge in [-0.1, -0.05) is 12.1 Å². The predicted octanol–water partition coefficient (Wildman–Crippen LogP) is 0.847. The molecule has 0 aromatic heterocycles. The summed E-state index contributed by atoms with van der Waals surface area (Å²) in [4.78, 5) is 1.36. The summed E-state index contributed by atoms with van der Waals surface area (Å²) in [6.07, 6.45) is 0. The van der Waals surface area contributed by atoms with Crippen molar-refractivity contribution in [1.82, 2.24) is 0 Å². The lowest BCUT2D eigenvalue weighted by atomic mass is 10.2. The fourth-order valence-electron chi connectivity index (χ4n) is 2.20. The number of anilines is 1. The highest BCUT2D eigenvalue weighted by molar-refractivity contribution is 7.91. The van der Waals surface area contributed by atoms with Crippen LogP contribution in [0.3, 0.4) is 0 Å². The van der Waals surface area contributed by atoms with E-state index in [1.807, 2.05) is 0 Å². The molecule has 1 fully saturated rings. The second-order valence-electron chi connectivity index (χ2n) is 4.43. The predicted molar refractivity (Wildman–Crippen MR) is 70.6 cm³/mol. The molecule has 20 heavy (non-hydrogen) atoms. The van der Waals surface area contributed by atoms with Crippen molar-refractivity contribution in [3.63, 3.8) is 0 Å². The van der Waals surface area contributed by atoms with Gasteiger partial charge in [0, 0.05) is 13.1 Å². The van der Waals surface area contributed by atoms with Crippen LogP contribution in [0.4, 0.5) is 14.5 Å². The Morgan fingerprint density at radius 2 is 2.10 bits per heavy atom. The number of para-hydroxylation sites is 1. The molecule has 0 saturated carbocycles. The van der Waals surface area contributed by atoms with Crippen LogP contribution in [0.5, 0.6) is 0 Å². The Hall–Kier alpha value is -1.25. The quantitative estimate of drug-likeness (QED) is 0.893. The second kappa shape index (κ2) is 6.02. The molecule has 2 N–H and O–H groups in total. The number of alkyl halides is 2. The average molecular weight is 306 g/mol. The van der Waals surface area contributed by atoms with Crippen LogP contribution in [0.2, 0.25) is 0 Å². The first-order valence-electron chi connectivity index (χ1n) is 6.14. The molecule has 2 rings (SSSR count). The Morgan fingerprint density at radius 1 is 1.40 bits per heavy atom. The fourth-order valence-corrected chi connectivity index (χ4v) is 3.14. The van der Waals surface area contributed by atoms with Gasteiger partial charge in [0.1, 0.15) is 0 Å². The van der Waals surface area contributed by atoms with E-state index in [4.69, 9.17) is 10.5 Å². The summed E-state index contributed by atoms with van der Waals surface area (Å²) in [7, 11) is -4.65.